The van der Waals surface area contributed by atoms with Crippen LogP contribution in [-0.2, 0) is 12.8 Å². The van der Waals surface area contributed by atoms with Crippen molar-refractivity contribution < 1.29 is 4.74 Å². The van der Waals surface area contributed by atoms with Gasteiger partial charge in [-0.05, 0) is 36.6 Å². The highest BCUT2D eigenvalue weighted by Gasteiger charge is 2.20. The predicted molar refractivity (Wildman–Crippen MR) is 111 cm³/mol. The Bertz CT molecular complexity index is 710. The SMILES string of the molecule is CCCCCCCCCCCCOc1ccc2c(c1)CCc1nnc(N)n1-2. The fourth-order valence-electron chi connectivity index (χ4n) is 3.85. The van der Waals surface area contributed by atoms with Crippen molar-refractivity contribution in [2.45, 2.75) is 84.0 Å². The third-order valence-electron chi connectivity index (χ3n) is 5.43. The van der Waals surface area contributed by atoms with E-state index in [9.17, 15) is 0 Å². The molecule has 0 aliphatic carbocycles. The van der Waals surface area contributed by atoms with Crippen LogP contribution in [0.3, 0.4) is 0 Å². The smallest absolute Gasteiger partial charge is 0.226 e. The Labute approximate surface area is 163 Å². The molecule has 0 saturated heterocycles. The van der Waals surface area contributed by atoms with E-state index < -0.39 is 0 Å². The summed E-state index contributed by atoms with van der Waals surface area (Å²) < 4.78 is 7.92. The zero-order valence-electron chi connectivity index (χ0n) is 16.8. The van der Waals surface area contributed by atoms with E-state index >= 15 is 0 Å². The summed E-state index contributed by atoms with van der Waals surface area (Å²) in [7, 11) is 0. The van der Waals surface area contributed by atoms with E-state index in [1.165, 1.54) is 63.4 Å². The second kappa shape index (κ2) is 10.3. The van der Waals surface area contributed by atoms with Crippen molar-refractivity contribution in [3.05, 3.63) is 29.6 Å². The lowest BCUT2D eigenvalue weighted by Gasteiger charge is -2.19. The number of aromatic nitrogens is 3. The van der Waals surface area contributed by atoms with Crippen LogP contribution in [0.25, 0.3) is 5.69 Å². The van der Waals surface area contributed by atoms with Crippen LogP contribution in [0.4, 0.5) is 5.95 Å². The van der Waals surface area contributed by atoms with Crippen LogP contribution in [0, 0.1) is 0 Å². The van der Waals surface area contributed by atoms with Crippen LogP contribution < -0.4 is 10.5 Å². The highest BCUT2D eigenvalue weighted by atomic mass is 16.5. The number of hydrogen-bond acceptors (Lipinski definition) is 4. The molecule has 2 aromatic rings. The third-order valence-corrected chi connectivity index (χ3v) is 5.43. The van der Waals surface area contributed by atoms with Crippen molar-refractivity contribution in [2.75, 3.05) is 12.3 Å². The first-order valence-corrected chi connectivity index (χ1v) is 10.8. The fourth-order valence-corrected chi connectivity index (χ4v) is 3.85. The van der Waals surface area contributed by atoms with Gasteiger partial charge < -0.3 is 10.5 Å². The van der Waals surface area contributed by atoms with Gasteiger partial charge in [0.25, 0.3) is 0 Å². The largest absolute Gasteiger partial charge is 0.494 e. The maximum absolute atomic E-state index is 5.97. The second-order valence-electron chi connectivity index (χ2n) is 7.63. The number of nitrogen functional groups attached to an aromatic ring is 1. The molecular formula is C22H34N4O. The number of hydrogen-bond donors (Lipinski definition) is 1. The normalized spacial score (nSPS) is 12.6. The lowest BCUT2D eigenvalue weighted by molar-refractivity contribution is 0.304. The monoisotopic (exact) mass is 370 g/mol. The molecule has 1 aromatic heterocycles. The van der Waals surface area contributed by atoms with Gasteiger partial charge in [0.1, 0.15) is 11.6 Å². The summed E-state index contributed by atoms with van der Waals surface area (Å²) >= 11 is 0. The summed E-state index contributed by atoms with van der Waals surface area (Å²) in [6.07, 6.45) is 15.3. The van der Waals surface area contributed by atoms with E-state index in [0.717, 1.165) is 43.1 Å². The number of anilines is 1. The number of nitrogens with two attached hydrogens (primary N) is 1. The number of ether oxygens (including phenoxy) is 1. The van der Waals surface area contributed by atoms with Crippen molar-refractivity contribution >= 4 is 5.95 Å². The minimum atomic E-state index is 0.463. The molecule has 1 aromatic carbocycles. The molecule has 2 N–H and O–H groups in total. The molecule has 5 heteroatoms. The Balaban J connectivity index is 1.33. The summed E-state index contributed by atoms with van der Waals surface area (Å²) in [6.45, 7) is 3.07. The minimum Gasteiger partial charge on any atom is -0.494 e. The number of aryl methyl sites for hydroxylation is 2. The average Bonchev–Trinajstić information content (AvgIpc) is 3.07. The molecule has 0 bridgehead atoms. The van der Waals surface area contributed by atoms with Gasteiger partial charge in [-0.3, -0.25) is 4.57 Å². The van der Waals surface area contributed by atoms with Crippen LogP contribution in [0.2, 0.25) is 0 Å². The summed E-state index contributed by atoms with van der Waals surface area (Å²) in [5.41, 5.74) is 8.30. The van der Waals surface area contributed by atoms with Crippen molar-refractivity contribution in [1.82, 2.24) is 14.8 Å². The number of benzene rings is 1. The Hall–Kier alpha value is -2.04. The molecule has 0 fully saturated rings. The molecular weight excluding hydrogens is 336 g/mol. The third kappa shape index (κ3) is 5.47. The number of rotatable bonds is 12. The maximum Gasteiger partial charge on any atom is 0.226 e. The lowest BCUT2D eigenvalue weighted by atomic mass is 10.0. The Morgan fingerprint density at radius 1 is 0.926 bits per heavy atom. The van der Waals surface area contributed by atoms with Crippen molar-refractivity contribution in [1.29, 1.82) is 0 Å². The summed E-state index contributed by atoms with van der Waals surface area (Å²) in [4.78, 5) is 0. The van der Waals surface area contributed by atoms with Gasteiger partial charge in [-0.25, -0.2) is 0 Å². The zero-order valence-corrected chi connectivity index (χ0v) is 16.8. The van der Waals surface area contributed by atoms with Crippen LogP contribution in [0.5, 0.6) is 5.75 Å². The van der Waals surface area contributed by atoms with Gasteiger partial charge >= 0.3 is 0 Å². The van der Waals surface area contributed by atoms with E-state index in [1.807, 2.05) is 10.6 Å². The molecule has 3 rings (SSSR count). The lowest BCUT2D eigenvalue weighted by Crippen LogP contribution is -2.14. The van der Waals surface area contributed by atoms with Crippen molar-refractivity contribution in [2.24, 2.45) is 0 Å². The maximum atomic E-state index is 5.97. The second-order valence-corrected chi connectivity index (χ2v) is 7.63. The Kier molecular flexibility index (Phi) is 7.55. The molecule has 0 saturated carbocycles. The average molecular weight is 371 g/mol. The van der Waals surface area contributed by atoms with E-state index in [4.69, 9.17) is 10.5 Å². The molecule has 1 aliphatic rings. The van der Waals surface area contributed by atoms with Gasteiger partial charge in [-0.1, -0.05) is 64.7 Å². The van der Waals surface area contributed by atoms with E-state index in [-0.39, 0.29) is 0 Å². The first kappa shape index (κ1) is 19.7. The Morgan fingerprint density at radius 2 is 1.63 bits per heavy atom. The summed E-state index contributed by atoms with van der Waals surface area (Å²) in [5.74, 6) is 2.36. The number of fused-ring (bicyclic) bond motifs is 3. The topological polar surface area (TPSA) is 66.0 Å². The fraction of sp³-hybridized carbons (Fsp3) is 0.636. The number of nitrogens with zero attached hydrogens (tertiary/aromatic N) is 3. The zero-order chi connectivity index (χ0) is 18.9. The molecule has 0 unspecified atom stereocenters. The van der Waals surface area contributed by atoms with Crippen LogP contribution in [0.15, 0.2) is 18.2 Å². The Morgan fingerprint density at radius 3 is 2.37 bits per heavy atom. The standard InChI is InChI=1S/C22H34N4O/c1-2-3-4-5-6-7-8-9-10-11-16-27-19-13-14-20-18(17-19)12-15-21-24-25-22(23)26(20)21/h13-14,17H,2-12,15-16H2,1H3,(H2,23,25). The van der Waals surface area contributed by atoms with Gasteiger partial charge in [0.2, 0.25) is 5.95 Å². The quantitative estimate of drug-likeness (QED) is 0.518. The van der Waals surface area contributed by atoms with Gasteiger partial charge in [0.05, 0.1) is 12.3 Å². The van der Waals surface area contributed by atoms with Crippen molar-refractivity contribution in [3.8, 4) is 11.4 Å². The minimum absolute atomic E-state index is 0.463. The van der Waals surface area contributed by atoms with Crippen molar-refractivity contribution in [3.63, 3.8) is 0 Å². The van der Waals surface area contributed by atoms with Gasteiger partial charge in [-0.2, -0.15) is 0 Å². The molecule has 148 valence electrons. The molecule has 1 aliphatic heterocycles. The van der Waals surface area contributed by atoms with Crippen LogP contribution in [0.1, 0.15) is 82.5 Å². The van der Waals surface area contributed by atoms with E-state index in [0.29, 0.717) is 5.95 Å². The first-order chi connectivity index (χ1) is 13.3. The summed E-state index contributed by atoms with van der Waals surface area (Å²) in [5, 5.41) is 8.13. The van der Waals surface area contributed by atoms with E-state index in [1.54, 1.807) is 0 Å². The van der Waals surface area contributed by atoms with Crippen LogP contribution >= 0.6 is 0 Å². The predicted octanol–water partition coefficient (Wildman–Crippen LogP) is 5.25. The molecule has 0 atom stereocenters. The highest BCUT2D eigenvalue weighted by molar-refractivity contribution is 5.51. The molecule has 5 nitrogen and oxygen atoms in total. The molecule has 0 amide bonds. The molecule has 0 spiro atoms. The van der Waals surface area contributed by atoms with Gasteiger partial charge in [0.15, 0.2) is 0 Å². The van der Waals surface area contributed by atoms with Crippen LogP contribution in [-0.4, -0.2) is 21.4 Å². The van der Waals surface area contributed by atoms with E-state index in [2.05, 4.69) is 29.3 Å². The molecule has 0 radical (unpaired) electrons. The molecule has 2 heterocycles. The summed E-state index contributed by atoms with van der Waals surface area (Å²) in [6, 6.07) is 6.25. The number of unbranched alkanes of at least 4 members (excludes halogenated alkanes) is 9. The first-order valence-electron chi connectivity index (χ1n) is 10.8. The van der Waals surface area contributed by atoms with Gasteiger partial charge in [0, 0.05) is 6.42 Å². The van der Waals surface area contributed by atoms with Gasteiger partial charge in [-0.15, -0.1) is 10.2 Å². The highest BCUT2D eigenvalue weighted by Crippen LogP contribution is 2.29. The molecule has 27 heavy (non-hydrogen) atoms.